The Bertz CT molecular complexity index is 1250. The van der Waals surface area contributed by atoms with Gasteiger partial charge in [-0.25, -0.2) is 0 Å². The fourth-order valence-electron chi connectivity index (χ4n) is 4.28. The molecule has 3 aliphatic rings. The van der Waals surface area contributed by atoms with E-state index in [1.165, 1.54) is 11.1 Å². The normalized spacial score (nSPS) is 18.0. The zero-order chi connectivity index (χ0) is 18.8. The first kappa shape index (κ1) is 16.8. The Hall–Kier alpha value is -2.16. The summed E-state index contributed by atoms with van der Waals surface area (Å²) in [6, 6.07) is 9.43. The molecule has 3 heterocycles. The summed E-state index contributed by atoms with van der Waals surface area (Å²) in [6.45, 7) is 2.04. The SMILES string of the molecule is O=C1C(=CC2=CC=C(N3Cc4[se]c5[se]ccc5c4C3)C2)C(=O)c2ccccc21. The van der Waals surface area contributed by atoms with E-state index < -0.39 is 0 Å². The molecule has 3 aromatic rings. The quantitative estimate of drug-likeness (QED) is 0.311. The van der Waals surface area contributed by atoms with Crippen LogP contribution >= 0.6 is 0 Å². The summed E-state index contributed by atoms with van der Waals surface area (Å²) < 4.78 is 3.36. The van der Waals surface area contributed by atoms with Crippen molar-refractivity contribution in [3.8, 4) is 0 Å². The number of fused-ring (bicyclic) bond motifs is 4. The molecule has 28 heavy (non-hydrogen) atoms. The molecule has 1 aliphatic heterocycles. The molecule has 2 aliphatic carbocycles. The molecule has 0 N–H and O–H groups in total. The van der Waals surface area contributed by atoms with Crippen molar-refractivity contribution in [2.24, 2.45) is 0 Å². The van der Waals surface area contributed by atoms with Crippen molar-refractivity contribution in [1.82, 2.24) is 4.90 Å². The van der Waals surface area contributed by atoms with Crippen LogP contribution in [-0.2, 0) is 13.1 Å². The van der Waals surface area contributed by atoms with Crippen LogP contribution in [0.4, 0.5) is 0 Å². The number of ketones is 2. The van der Waals surface area contributed by atoms with E-state index in [4.69, 9.17) is 0 Å². The van der Waals surface area contributed by atoms with E-state index in [2.05, 4.69) is 28.1 Å². The van der Waals surface area contributed by atoms with Crippen LogP contribution < -0.4 is 0 Å². The third-order valence-corrected chi connectivity index (χ3v) is 11.3. The van der Waals surface area contributed by atoms with Gasteiger partial charge in [0.1, 0.15) is 0 Å². The van der Waals surface area contributed by atoms with E-state index in [1.807, 2.05) is 12.1 Å². The number of nitrogens with zero attached hydrogens (tertiary/aromatic N) is 1. The molecule has 0 saturated heterocycles. The minimum absolute atomic E-state index is 0.145. The third kappa shape index (κ3) is 2.41. The van der Waals surface area contributed by atoms with Crippen molar-refractivity contribution >= 4 is 49.1 Å². The van der Waals surface area contributed by atoms with E-state index in [1.54, 1.807) is 31.3 Å². The molecular formula is C23H15NO2Se2. The van der Waals surface area contributed by atoms with E-state index in [9.17, 15) is 9.59 Å². The van der Waals surface area contributed by atoms with Gasteiger partial charge in [0.15, 0.2) is 0 Å². The van der Waals surface area contributed by atoms with Gasteiger partial charge in [0.05, 0.1) is 0 Å². The van der Waals surface area contributed by atoms with Crippen LogP contribution in [0.15, 0.2) is 70.3 Å². The predicted molar refractivity (Wildman–Crippen MR) is 111 cm³/mol. The van der Waals surface area contributed by atoms with Crippen molar-refractivity contribution < 1.29 is 9.59 Å². The van der Waals surface area contributed by atoms with Crippen molar-refractivity contribution in [2.75, 3.05) is 0 Å². The molecule has 0 radical (unpaired) electrons. The Balaban J connectivity index is 1.21. The summed E-state index contributed by atoms with van der Waals surface area (Å²) in [5.74, 6) is -0.289. The number of Topliss-reactive ketones (excluding diaryl/α,β-unsaturated/α-hetero) is 2. The second-order valence-electron chi connectivity index (χ2n) is 7.32. The van der Waals surface area contributed by atoms with Gasteiger partial charge in [0.2, 0.25) is 0 Å². The first-order valence-electron chi connectivity index (χ1n) is 9.21. The van der Waals surface area contributed by atoms with Crippen LogP contribution in [0, 0.1) is 0 Å². The molecule has 0 saturated carbocycles. The van der Waals surface area contributed by atoms with Crippen LogP contribution in [-0.4, -0.2) is 45.5 Å². The van der Waals surface area contributed by atoms with Crippen LogP contribution in [0.5, 0.6) is 0 Å². The number of carbonyl (C=O) groups is 2. The number of benzene rings is 1. The molecule has 5 heteroatoms. The summed E-state index contributed by atoms with van der Waals surface area (Å²) in [5.41, 5.74) is 5.27. The monoisotopic (exact) mass is 497 g/mol. The fraction of sp³-hybridized carbons (Fsp3) is 0.130. The van der Waals surface area contributed by atoms with Gasteiger partial charge in [-0.05, 0) is 0 Å². The van der Waals surface area contributed by atoms with Gasteiger partial charge < -0.3 is 0 Å². The molecule has 6 rings (SSSR count). The van der Waals surface area contributed by atoms with Gasteiger partial charge in [-0.3, -0.25) is 0 Å². The maximum atomic E-state index is 12.6. The van der Waals surface area contributed by atoms with Gasteiger partial charge in [0.25, 0.3) is 0 Å². The summed E-state index contributed by atoms with van der Waals surface area (Å²) >= 11 is 1.14. The second-order valence-corrected chi connectivity index (χ2v) is 12.9. The number of allylic oxidation sites excluding steroid dienone is 5. The molecule has 2 aromatic heterocycles. The first-order valence-corrected chi connectivity index (χ1v) is 12.8. The van der Waals surface area contributed by atoms with Crippen molar-refractivity contribution in [3.05, 3.63) is 91.5 Å². The summed E-state index contributed by atoms with van der Waals surface area (Å²) in [6.07, 6.45) is 6.81. The van der Waals surface area contributed by atoms with Crippen molar-refractivity contribution in [1.29, 1.82) is 0 Å². The Morgan fingerprint density at radius 2 is 1.75 bits per heavy atom. The Morgan fingerprint density at radius 1 is 0.964 bits per heavy atom. The van der Waals surface area contributed by atoms with Crippen LogP contribution in [0.2, 0.25) is 0 Å². The Labute approximate surface area is 174 Å². The van der Waals surface area contributed by atoms with Gasteiger partial charge >= 0.3 is 175 Å². The van der Waals surface area contributed by atoms with Gasteiger partial charge in [0, 0.05) is 0 Å². The van der Waals surface area contributed by atoms with Crippen LogP contribution in [0.1, 0.15) is 37.1 Å². The molecule has 136 valence electrons. The Morgan fingerprint density at radius 3 is 2.54 bits per heavy atom. The van der Waals surface area contributed by atoms with E-state index in [0.717, 1.165) is 25.1 Å². The number of rotatable bonds is 2. The van der Waals surface area contributed by atoms with E-state index in [-0.39, 0.29) is 11.6 Å². The molecule has 0 spiro atoms. The van der Waals surface area contributed by atoms with Gasteiger partial charge in [-0.1, -0.05) is 0 Å². The number of carbonyl (C=O) groups excluding carboxylic acids is 2. The Kier molecular flexibility index (Phi) is 3.69. The maximum absolute atomic E-state index is 12.6. The van der Waals surface area contributed by atoms with E-state index >= 15 is 0 Å². The van der Waals surface area contributed by atoms with E-state index in [0.29, 0.717) is 45.7 Å². The second kappa shape index (κ2) is 6.17. The summed E-state index contributed by atoms with van der Waals surface area (Å²) in [7, 11) is 0. The average molecular weight is 495 g/mol. The summed E-state index contributed by atoms with van der Waals surface area (Å²) in [5, 5.41) is 1.53. The molecule has 0 unspecified atom stereocenters. The first-order chi connectivity index (χ1) is 13.7. The third-order valence-electron chi connectivity index (χ3n) is 5.71. The minimum atomic E-state index is -0.145. The predicted octanol–water partition coefficient (Wildman–Crippen LogP) is 3.49. The number of hydrogen-bond donors (Lipinski definition) is 0. The van der Waals surface area contributed by atoms with Gasteiger partial charge in [-0.15, -0.1) is 0 Å². The molecule has 0 amide bonds. The molecule has 0 fully saturated rings. The fourth-order valence-corrected chi connectivity index (χ4v) is 10.2. The molecule has 0 atom stereocenters. The standard InChI is InChI=1S/C23H15NO2Se2/c25-21-15-3-1-2-4-16(15)22(26)18(21)10-13-5-6-14(9-13)24-11-19-17-7-8-27-23(17)28-20(19)12-24/h1-8,10H,9,11-12H2. The molecule has 3 nitrogen and oxygen atoms in total. The van der Waals surface area contributed by atoms with Crippen molar-refractivity contribution in [2.45, 2.75) is 19.5 Å². The zero-order valence-corrected chi connectivity index (χ0v) is 18.3. The summed E-state index contributed by atoms with van der Waals surface area (Å²) in [4.78, 5) is 30.0. The number of hydrogen-bond acceptors (Lipinski definition) is 3. The molecule has 0 bridgehead atoms. The van der Waals surface area contributed by atoms with Crippen molar-refractivity contribution in [3.63, 3.8) is 0 Å². The topological polar surface area (TPSA) is 37.4 Å². The zero-order valence-electron chi connectivity index (χ0n) is 14.9. The molecular weight excluding hydrogens is 480 g/mol. The average Bonchev–Trinajstić information content (AvgIpc) is 3.48. The molecule has 1 aromatic carbocycles. The van der Waals surface area contributed by atoms with Crippen LogP contribution in [0.25, 0.3) is 8.52 Å². The van der Waals surface area contributed by atoms with Crippen LogP contribution in [0.3, 0.4) is 0 Å². The van der Waals surface area contributed by atoms with Gasteiger partial charge in [-0.2, -0.15) is 0 Å².